The highest BCUT2D eigenvalue weighted by atomic mass is 14.6. The quantitative estimate of drug-likeness (QED) is 0.683. The van der Waals surface area contributed by atoms with Crippen molar-refractivity contribution in [2.75, 3.05) is 0 Å². The second kappa shape index (κ2) is 4.56. The van der Waals surface area contributed by atoms with Crippen LogP contribution < -0.4 is 0 Å². The molecule has 0 aliphatic carbocycles. The molecule has 0 N–H and O–H groups in total. The van der Waals surface area contributed by atoms with E-state index in [-0.39, 0.29) is 0 Å². The minimum absolute atomic E-state index is 0.924. The van der Waals surface area contributed by atoms with Gasteiger partial charge in [0.2, 0.25) is 0 Å². The van der Waals surface area contributed by atoms with Crippen molar-refractivity contribution in [2.24, 2.45) is 0 Å². The first kappa shape index (κ1) is 9.66. The summed E-state index contributed by atoms with van der Waals surface area (Å²) in [5.74, 6) is 0. The van der Waals surface area contributed by atoms with E-state index < -0.39 is 0 Å². The Labute approximate surface area is 90.1 Å². The van der Waals surface area contributed by atoms with Gasteiger partial charge in [0.05, 0.1) is 0 Å². The van der Waals surface area contributed by atoms with E-state index in [0.717, 1.165) is 12.0 Å². The fourth-order valence-corrected chi connectivity index (χ4v) is 1.53. The van der Waals surface area contributed by atoms with Gasteiger partial charge in [0, 0.05) is 12.4 Å². The summed E-state index contributed by atoms with van der Waals surface area (Å²) in [6.07, 6.45) is 6.50. The Kier molecular flexibility index (Phi) is 2.93. The van der Waals surface area contributed by atoms with Crippen molar-refractivity contribution in [3.05, 3.63) is 67.0 Å². The van der Waals surface area contributed by atoms with E-state index >= 15 is 0 Å². The van der Waals surface area contributed by atoms with Crippen LogP contribution in [0.1, 0.15) is 5.56 Å². The third-order valence-corrected chi connectivity index (χ3v) is 2.33. The first-order valence-electron chi connectivity index (χ1n) is 5.00. The Balaban J connectivity index is 2.28. The molecule has 0 spiro atoms. The Morgan fingerprint density at radius 2 is 1.87 bits per heavy atom. The van der Waals surface area contributed by atoms with E-state index in [4.69, 9.17) is 0 Å². The van der Waals surface area contributed by atoms with E-state index in [2.05, 4.69) is 41.9 Å². The van der Waals surface area contributed by atoms with E-state index in [1.165, 1.54) is 11.1 Å². The molecule has 0 aliphatic heterocycles. The summed E-state index contributed by atoms with van der Waals surface area (Å²) in [6, 6.07) is 12.5. The van der Waals surface area contributed by atoms with Gasteiger partial charge in [-0.05, 0) is 29.2 Å². The third-order valence-electron chi connectivity index (χ3n) is 2.33. The molecule has 15 heavy (non-hydrogen) atoms. The van der Waals surface area contributed by atoms with Crippen LogP contribution in [0, 0.1) is 0 Å². The average molecular weight is 195 g/mol. The molecule has 74 valence electrons. The van der Waals surface area contributed by atoms with Crippen molar-refractivity contribution in [1.29, 1.82) is 0 Å². The van der Waals surface area contributed by atoms with Crippen LogP contribution in [0.4, 0.5) is 0 Å². The van der Waals surface area contributed by atoms with Crippen LogP contribution in [-0.2, 0) is 6.42 Å². The topological polar surface area (TPSA) is 12.9 Å². The van der Waals surface area contributed by atoms with Crippen LogP contribution in [0.2, 0.25) is 0 Å². The lowest BCUT2D eigenvalue weighted by molar-refractivity contribution is 1.27. The second-order valence-corrected chi connectivity index (χ2v) is 3.43. The van der Waals surface area contributed by atoms with E-state index in [0.29, 0.717) is 0 Å². The van der Waals surface area contributed by atoms with E-state index in [1.807, 2.05) is 18.3 Å². The van der Waals surface area contributed by atoms with Crippen LogP contribution in [-0.4, -0.2) is 4.98 Å². The second-order valence-electron chi connectivity index (χ2n) is 3.43. The molecule has 0 radical (unpaired) electrons. The molecule has 1 aromatic carbocycles. The number of pyridine rings is 1. The molecule has 0 aliphatic rings. The molecular formula is C14H13N. The number of hydrogen-bond acceptors (Lipinski definition) is 1. The van der Waals surface area contributed by atoms with Crippen LogP contribution in [0.5, 0.6) is 0 Å². The highest BCUT2D eigenvalue weighted by molar-refractivity contribution is 5.62. The zero-order valence-corrected chi connectivity index (χ0v) is 8.56. The molecule has 1 heterocycles. The molecule has 2 aromatic rings. The fourth-order valence-electron chi connectivity index (χ4n) is 1.53. The summed E-state index contributed by atoms with van der Waals surface area (Å²) in [4.78, 5) is 4.10. The van der Waals surface area contributed by atoms with Gasteiger partial charge < -0.3 is 0 Å². The van der Waals surface area contributed by atoms with Crippen molar-refractivity contribution < 1.29 is 0 Å². The molecule has 1 heteroatoms. The minimum atomic E-state index is 0.924. The monoisotopic (exact) mass is 195 g/mol. The minimum Gasteiger partial charge on any atom is -0.264 e. The standard InChI is InChI=1S/C14H13N/c1-2-4-12-6-8-13(9-7-12)14-5-3-10-15-11-14/h2-3,5-11H,1,4H2. The van der Waals surface area contributed by atoms with Crippen LogP contribution in [0.25, 0.3) is 11.1 Å². The Bertz CT molecular complexity index is 429. The Morgan fingerprint density at radius 1 is 1.07 bits per heavy atom. The predicted molar refractivity (Wildman–Crippen MR) is 63.6 cm³/mol. The summed E-state index contributed by atoms with van der Waals surface area (Å²) in [5.41, 5.74) is 3.65. The lowest BCUT2D eigenvalue weighted by Crippen LogP contribution is -1.82. The van der Waals surface area contributed by atoms with Gasteiger partial charge in [0.15, 0.2) is 0 Å². The van der Waals surface area contributed by atoms with Crippen LogP contribution in [0.3, 0.4) is 0 Å². The molecule has 0 fully saturated rings. The van der Waals surface area contributed by atoms with Gasteiger partial charge in [-0.25, -0.2) is 0 Å². The van der Waals surface area contributed by atoms with Gasteiger partial charge >= 0.3 is 0 Å². The summed E-state index contributed by atoms with van der Waals surface area (Å²) in [7, 11) is 0. The third kappa shape index (κ3) is 2.32. The first-order valence-corrected chi connectivity index (χ1v) is 5.00. The number of benzene rings is 1. The zero-order chi connectivity index (χ0) is 10.5. The van der Waals surface area contributed by atoms with E-state index in [9.17, 15) is 0 Å². The summed E-state index contributed by atoms with van der Waals surface area (Å²) >= 11 is 0. The molecule has 0 saturated heterocycles. The van der Waals surface area contributed by atoms with Crippen LogP contribution in [0.15, 0.2) is 61.4 Å². The lowest BCUT2D eigenvalue weighted by Gasteiger charge is -2.02. The van der Waals surface area contributed by atoms with Gasteiger partial charge in [-0.3, -0.25) is 4.98 Å². The lowest BCUT2D eigenvalue weighted by atomic mass is 10.0. The van der Waals surface area contributed by atoms with Crippen molar-refractivity contribution in [3.63, 3.8) is 0 Å². The van der Waals surface area contributed by atoms with Gasteiger partial charge in [0.1, 0.15) is 0 Å². The number of rotatable bonds is 3. The molecule has 1 aromatic heterocycles. The number of hydrogen-bond donors (Lipinski definition) is 0. The number of aromatic nitrogens is 1. The first-order chi connectivity index (χ1) is 7.40. The van der Waals surface area contributed by atoms with Crippen molar-refractivity contribution >= 4 is 0 Å². The Hall–Kier alpha value is -1.89. The predicted octanol–water partition coefficient (Wildman–Crippen LogP) is 3.48. The van der Waals surface area contributed by atoms with Crippen LogP contribution >= 0.6 is 0 Å². The van der Waals surface area contributed by atoms with Gasteiger partial charge in [-0.15, -0.1) is 6.58 Å². The highest BCUT2D eigenvalue weighted by Crippen LogP contribution is 2.18. The number of nitrogens with zero attached hydrogens (tertiary/aromatic N) is 1. The average Bonchev–Trinajstić information content (AvgIpc) is 2.32. The molecule has 1 nitrogen and oxygen atoms in total. The molecule has 0 bridgehead atoms. The van der Waals surface area contributed by atoms with Gasteiger partial charge in [-0.2, -0.15) is 0 Å². The zero-order valence-electron chi connectivity index (χ0n) is 8.56. The normalized spacial score (nSPS) is 9.87. The maximum atomic E-state index is 4.10. The maximum absolute atomic E-state index is 4.10. The largest absolute Gasteiger partial charge is 0.264 e. The van der Waals surface area contributed by atoms with Gasteiger partial charge in [0.25, 0.3) is 0 Å². The highest BCUT2D eigenvalue weighted by Gasteiger charge is 1.96. The molecule has 2 rings (SSSR count). The number of allylic oxidation sites excluding steroid dienone is 1. The molecule has 0 amide bonds. The van der Waals surface area contributed by atoms with Gasteiger partial charge in [-0.1, -0.05) is 36.4 Å². The fraction of sp³-hybridized carbons (Fsp3) is 0.0714. The van der Waals surface area contributed by atoms with E-state index in [1.54, 1.807) is 6.20 Å². The SMILES string of the molecule is C=CCc1ccc(-c2cccnc2)cc1. The molecule has 0 atom stereocenters. The maximum Gasteiger partial charge on any atom is 0.0346 e. The summed E-state index contributed by atoms with van der Waals surface area (Å²) in [5, 5.41) is 0. The Morgan fingerprint density at radius 3 is 2.47 bits per heavy atom. The smallest absolute Gasteiger partial charge is 0.0346 e. The summed E-state index contributed by atoms with van der Waals surface area (Å²) in [6.45, 7) is 3.73. The molecular weight excluding hydrogens is 182 g/mol. The molecule has 0 unspecified atom stereocenters. The van der Waals surface area contributed by atoms with Crippen molar-refractivity contribution in [3.8, 4) is 11.1 Å². The summed E-state index contributed by atoms with van der Waals surface area (Å²) < 4.78 is 0. The molecule has 0 saturated carbocycles. The van der Waals surface area contributed by atoms with Crippen molar-refractivity contribution in [1.82, 2.24) is 4.98 Å². The van der Waals surface area contributed by atoms with Crippen molar-refractivity contribution in [2.45, 2.75) is 6.42 Å².